The van der Waals surface area contributed by atoms with Crippen LogP contribution in [0.2, 0.25) is 0 Å². The van der Waals surface area contributed by atoms with Crippen molar-refractivity contribution in [2.75, 3.05) is 6.61 Å². The van der Waals surface area contributed by atoms with Crippen LogP contribution in [0.25, 0.3) is 0 Å². The topological polar surface area (TPSA) is 48.1 Å². The predicted molar refractivity (Wildman–Crippen MR) is 67.9 cm³/mol. The third-order valence-electron chi connectivity index (χ3n) is 2.56. The van der Waals surface area contributed by atoms with Crippen molar-refractivity contribution in [2.45, 2.75) is 13.0 Å². The van der Waals surface area contributed by atoms with Gasteiger partial charge in [-0.2, -0.15) is 0 Å². The highest BCUT2D eigenvalue weighted by molar-refractivity contribution is 5.32. The molecule has 17 heavy (non-hydrogen) atoms. The number of nitrogens with zero attached hydrogens (tertiary/aromatic N) is 1. The van der Waals surface area contributed by atoms with E-state index in [2.05, 4.69) is 4.98 Å². The summed E-state index contributed by atoms with van der Waals surface area (Å²) in [5, 5.41) is 0. The van der Waals surface area contributed by atoms with E-state index in [0.717, 1.165) is 17.0 Å². The van der Waals surface area contributed by atoms with E-state index in [1.807, 2.05) is 49.4 Å². The van der Waals surface area contributed by atoms with Crippen molar-refractivity contribution < 1.29 is 4.74 Å². The first-order valence-electron chi connectivity index (χ1n) is 5.70. The van der Waals surface area contributed by atoms with Gasteiger partial charge in [-0.25, -0.2) is 0 Å². The van der Waals surface area contributed by atoms with Gasteiger partial charge in [0.2, 0.25) is 0 Å². The van der Waals surface area contributed by atoms with E-state index in [9.17, 15) is 0 Å². The zero-order chi connectivity index (χ0) is 12.1. The van der Waals surface area contributed by atoms with E-state index < -0.39 is 0 Å². The Kier molecular flexibility index (Phi) is 3.73. The minimum atomic E-state index is -0.188. The lowest BCUT2D eigenvalue weighted by Gasteiger charge is -2.12. The Labute approximate surface area is 101 Å². The number of benzene rings is 1. The standard InChI is InChI=1S/C14H16N2O/c1-2-17-12-8-6-11(7-9-12)14(15)13-5-3-4-10-16-13/h3-10,14H,2,15H2,1H3. The summed E-state index contributed by atoms with van der Waals surface area (Å²) in [6, 6.07) is 13.4. The van der Waals surface area contributed by atoms with Crippen LogP contribution in [0, 0.1) is 0 Å². The first-order chi connectivity index (χ1) is 8.31. The Bertz CT molecular complexity index is 453. The van der Waals surface area contributed by atoms with Gasteiger partial charge in [0.25, 0.3) is 0 Å². The molecule has 1 aromatic carbocycles. The van der Waals surface area contributed by atoms with E-state index in [1.165, 1.54) is 0 Å². The summed E-state index contributed by atoms with van der Waals surface area (Å²) in [5.41, 5.74) is 8.04. The molecule has 0 aliphatic heterocycles. The van der Waals surface area contributed by atoms with Gasteiger partial charge in [0.1, 0.15) is 5.75 Å². The normalized spacial score (nSPS) is 12.1. The Hall–Kier alpha value is -1.87. The van der Waals surface area contributed by atoms with E-state index in [1.54, 1.807) is 6.20 Å². The van der Waals surface area contributed by atoms with Gasteiger partial charge in [-0.05, 0) is 36.8 Å². The Morgan fingerprint density at radius 1 is 1.18 bits per heavy atom. The first kappa shape index (κ1) is 11.6. The zero-order valence-corrected chi connectivity index (χ0v) is 9.84. The molecular weight excluding hydrogens is 212 g/mol. The Morgan fingerprint density at radius 3 is 2.53 bits per heavy atom. The van der Waals surface area contributed by atoms with Crippen molar-refractivity contribution in [3.63, 3.8) is 0 Å². The number of nitrogens with two attached hydrogens (primary N) is 1. The fourth-order valence-electron chi connectivity index (χ4n) is 1.67. The fourth-order valence-corrected chi connectivity index (χ4v) is 1.67. The van der Waals surface area contributed by atoms with Crippen molar-refractivity contribution in [3.8, 4) is 5.75 Å². The molecule has 0 saturated carbocycles. The molecule has 1 aromatic heterocycles. The van der Waals surface area contributed by atoms with Crippen LogP contribution in [0.15, 0.2) is 48.7 Å². The number of rotatable bonds is 4. The molecule has 0 saturated heterocycles. The van der Waals surface area contributed by atoms with Gasteiger partial charge in [-0.15, -0.1) is 0 Å². The lowest BCUT2D eigenvalue weighted by molar-refractivity contribution is 0.340. The summed E-state index contributed by atoms with van der Waals surface area (Å²) in [5.74, 6) is 0.865. The van der Waals surface area contributed by atoms with E-state index in [4.69, 9.17) is 10.5 Å². The fraction of sp³-hybridized carbons (Fsp3) is 0.214. The number of ether oxygens (including phenoxy) is 1. The average molecular weight is 228 g/mol. The summed E-state index contributed by atoms with van der Waals surface area (Å²) in [4.78, 5) is 4.26. The molecule has 2 aromatic rings. The highest BCUT2D eigenvalue weighted by atomic mass is 16.5. The van der Waals surface area contributed by atoms with Crippen molar-refractivity contribution in [3.05, 3.63) is 59.9 Å². The van der Waals surface area contributed by atoms with Crippen LogP contribution in [-0.4, -0.2) is 11.6 Å². The lowest BCUT2D eigenvalue weighted by atomic mass is 10.0. The smallest absolute Gasteiger partial charge is 0.119 e. The SMILES string of the molecule is CCOc1ccc(C(N)c2ccccn2)cc1. The second-order valence-corrected chi connectivity index (χ2v) is 3.73. The summed E-state index contributed by atoms with van der Waals surface area (Å²) >= 11 is 0. The van der Waals surface area contributed by atoms with Crippen LogP contribution in [-0.2, 0) is 0 Å². The van der Waals surface area contributed by atoms with Crippen molar-refractivity contribution >= 4 is 0 Å². The molecule has 3 heteroatoms. The summed E-state index contributed by atoms with van der Waals surface area (Å²) in [7, 11) is 0. The summed E-state index contributed by atoms with van der Waals surface area (Å²) < 4.78 is 5.39. The van der Waals surface area contributed by atoms with Gasteiger partial charge in [-0.1, -0.05) is 18.2 Å². The van der Waals surface area contributed by atoms with Crippen LogP contribution in [0.4, 0.5) is 0 Å². The highest BCUT2D eigenvalue weighted by Gasteiger charge is 2.09. The van der Waals surface area contributed by atoms with Gasteiger partial charge in [-0.3, -0.25) is 4.98 Å². The van der Waals surface area contributed by atoms with Gasteiger partial charge in [0, 0.05) is 6.20 Å². The third-order valence-corrected chi connectivity index (χ3v) is 2.56. The maximum Gasteiger partial charge on any atom is 0.119 e. The van der Waals surface area contributed by atoms with Gasteiger partial charge >= 0.3 is 0 Å². The van der Waals surface area contributed by atoms with E-state index in [0.29, 0.717) is 6.61 Å². The van der Waals surface area contributed by atoms with Crippen LogP contribution in [0.5, 0.6) is 5.75 Å². The molecule has 3 nitrogen and oxygen atoms in total. The first-order valence-corrected chi connectivity index (χ1v) is 5.70. The number of aromatic nitrogens is 1. The molecule has 1 unspecified atom stereocenters. The number of hydrogen-bond donors (Lipinski definition) is 1. The zero-order valence-electron chi connectivity index (χ0n) is 9.84. The maximum atomic E-state index is 6.14. The van der Waals surface area contributed by atoms with Crippen molar-refractivity contribution in [1.29, 1.82) is 0 Å². The molecule has 0 spiro atoms. The molecule has 2 rings (SSSR count). The highest BCUT2D eigenvalue weighted by Crippen LogP contribution is 2.20. The van der Waals surface area contributed by atoms with Crippen LogP contribution in [0.1, 0.15) is 24.2 Å². The Morgan fingerprint density at radius 2 is 1.94 bits per heavy atom. The number of hydrogen-bond acceptors (Lipinski definition) is 3. The van der Waals surface area contributed by atoms with Crippen molar-refractivity contribution in [2.24, 2.45) is 5.73 Å². The molecule has 1 heterocycles. The second-order valence-electron chi connectivity index (χ2n) is 3.73. The molecule has 1 atom stereocenters. The molecule has 2 N–H and O–H groups in total. The largest absolute Gasteiger partial charge is 0.494 e. The van der Waals surface area contributed by atoms with Gasteiger partial charge < -0.3 is 10.5 Å². The van der Waals surface area contributed by atoms with E-state index >= 15 is 0 Å². The minimum absolute atomic E-state index is 0.188. The van der Waals surface area contributed by atoms with Crippen LogP contribution >= 0.6 is 0 Å². The summed E-state index contributed by atoms with van der Waals surface area (Å²) in [6.07, 6.45) is 1.75. The molecule has 0 radical (unpaired) electrons. The molecule has 0 aliphatic carbocycles. The van der Waals surface area contributed by atoms with Gasteiger partial charge in [0.05, 0.1) is 18.3 Å². The monoisotopic (exact) mass is 228 g/mol. The maximum absolute atomic E-state index is 6.14. The average Bonchev–Trinajstić information content (AvgIpc) is 2.40. The number of pyridine rings is 1. The minimum Gasteiger partial charge on any atom is -0.494 e. The molecule has 0 fully saturated rings. The third kappa shape index (κ3) is 2.82. The molecule has 0 aliphatic rings. The van der Waals surface area contributed by atoms with Gasteiger partial charge in [0.15, 0.2) is 0 Å². The predicted octanol–water partition coefficient (Wildman–Crippen LogP) is 2.53. The lowest BCUT2D eigenvalue weighted by Crippen LogP contribution is -2.13. The summed E-state index contributed by atoms with van der Waals surface area (Å²) in [6.45, 7) is 2.64. The quantitative estimate of drug-likeness (QED) is 0.874. The molecule has 88 valence electrons. The molecular formula is C14H16N2O. The van der Waals surface area contributed by atoms with Crippen LogP contribution < -0.4 is 10.5 Å². The van der Waals surface area contributed by atoms with E-state index in [-0.39, 0.29) is 6.04 Å². The molecule has 0 amide bonds. The van der Waals surface area contributed by atoms with Crippen molar-refractivity contribution in [1.82, 2.24) is 4.98 Å². The Balaban J connectivity index is 2.17. The molecule has 0 bridgehead atoms. The van der Waals surface area contributed by atoms with Crippen LogP contribution in [0.3, 0.4) is 0 Å². The second kappa shape index (κ2) is 5.46.